The molecule has 28 heavy (non-hydrogen) atoms. The minimum atomic E-state index is 0.00558. The Morgan fingerprint density at radius 3 is 2.07 bits per heavy atom. The molecule has 0 aromatic heterocycles. The van der Waals surface area contributed by atoms with E-state index in [4.69, 9.17) is 14.8 Å². The van der Waals surface area contributed by atoms with Crippen molar-refractivity contribution in [2.24, 2.45) is 5.73 Å². The summed E-state index contributed by atoms with van der Waals surface area (Å²) >= 11 is 0. The first kappa shape index (κ1) is 27.5. The van der Waals surface area contributed by atoms with Crippen molar-refractivity contribution in [3.8, 4) is 0 Å². The lowest BCUT2D eigenvalue weighted by molar-refractivity contribution is -0.121. The van der Waals surface area contributed by atoms with E-state index in [9.17, 15) is 4.79 Å². The van der Waals surface area contributed by atoms with Crippen molar-refractivity contribution in [3.05, 3.63) is 12.2 Å². The van der Waals surface area contributed by atoms with E-state index in [0.29, 0.717) is 32.7 Å². The number of nitrogens with one attached hydrogen (secondary N) is 1. The van der Waals surface area contributed by atoms with Gasteiger partial charge in [-0.3, -0.25) is 4.79 Å². The molecule has 0 aliphatic heterocycles. The third-order valence-electron chi connectivity index (χ3n) is 4.53. The monoisotopic (exact) mass is 416 g/mol. The number of unbranched alkanes of at least 4 members (excludes halogenated alkanes) is 11. The Morgan fingerprint density at radius 1 is 0.857 bits per heavy atom. The van der Waals surface area contributed by atoms with Gasteiger partial charge in [0.15, 0.2) is 9.03 Å². The average Bonchev–Trinajstić information content (AvgIpc) is 2.70. The normalized spacial score (nSPS) is 11.8. The van der Waals surface area contributed by atoms with E-state index in [1.54, 1.807) is 0 Å². The molecule has 1 unspecified atom stereocenters. The highest BCUT2D eigenvalue weighted by Gasteiger charge is 2.00. The second kappa shape index (κ2) is 24.6. The van der Waals surface area contributed by atoms with Gasteiger partial charge in [0.05, 0.1) is 13.2 Å². The number of hydrogen-bond donors (Lipinski definition) is 2. The van der Waals surface area contributed by atoms with Crippen LogP contribution in [0.15, 0.2) is 12.2 Å². The third-order valence-corrected chi connectivity index (χ3v) is 5.17. The zero-order valence-electron chi connectivity index (χ0n) is 18.2. The molecular weight excluding hydrogens is 371 g/mol. The highest BCUT2D eigenvalue weighted by atomic mass is 31.1. The number of carbonyl (C=O) groups excluding carboxylic acids is 1. The van der Waals surface area contributed by atoms with Crippen LogP contribution in [0, 0.1) is 0 Å². The Hall–Kier alpha value is -0.480. The minimum absolute atomic E-state index is 0.00558. The quantitative estimate of drug-likeness (QED) is 0.136. The van der Waals surface area contributed by atoms with Crippen LogP contribution in [0.4, 0.5) is 0 Å². The van der Waals surface area contributed by atoms with E-state index in [1.165, 1.54) is 70.6 Å². The molecule has 0 aliphatic rings. The van der Waals surface area contributed by atoms with Crippen molar-refractivity contribution in [2.45, 2.75) is 96.8 Å². The van der Waals surface area contributed by atoms with Gasteiger partial charge in [0.1, 0.15) is 0 Å². The van der Waals surface area contributed by atoms with Gasteiger partial charge < -0.3 is 20.1 Å². The number of carbonyl (C=O) groups is 1. The molecule has 0 aromatic rings. The predicted octanol–water partition coefficient (Wildman–Crippen LogP) is 5.64. The maximum absolute atomic E-state index is 11.7. The van der Waals surface area contributed by atoms with Crippen molar-refractivity contribution in [1.29, 1.82) is 0 Å². The summed E-state index contributed by atoms with van der Waals surface area (Å²) in [5.74, 6) is 0.118. The molecule has 3 N–H and O–H groups in total. The van der Waals surface area contributed by atoms with Crippen LogP contribution in [0.3, 0.4) is 0 Å². The summed E-state index contributed by atoms with van der Waals surface area (Å²) in [7, 11) is 0.00558. The maximum Gasteiger partial charge on any atom is 0.220 e. The lowest BCUT2D eigenvalue weighted by Gasteiger charge is -2.06. The van der Waals surface area contributed by atoms with Crippen molar-refractivity contribution in [1.82, 2.24) is 5.32 Å². The Bertz CT molecular complexity index is 355. The topological polar surface area (TPSA) is 73.6 Å². The van der Waals surface area contributed by atoms with Crippen LogP contribution in [0.25, 0.3) is 0 Å². The van der Waals surface area contributed by atoms with E-state index < -0.39 is 0 Å². The van der Waals surface area contributed by atoms with Gasteiger partial charge in [-0.2, -0.15) is 0 Å². The van der Waals surface area contributed by atoms with E-state index >= 15 is 0 Å². The first-order valence-electron chi connectivity index (χ1n) is 11.4. The Kier molecular flexibility index (Phi) is 24.1. The number of rotatable bonds is 22. The summed E-state index contributed by atoms with van der Waals surface area (Å²) in [6.07, 6.45) is 21.9. The largest absolute Gasteiger partial charge is 0.354 e. The minimum Gasteiger partial charge on any atom is -0.354 e. The zero-order valence-corrected chi connectivity index (χ0v) is 19.2. The van der Waals surface area contributed by atoms with Crippen molar-refractivity contribution < 1.29 is 13.8 Å². The maximum atomic E-state index is 11.7. The summed E-state index contributed by atoms with van der Waals surface area (Å²) in [6.45, 7) is 4.31. The molecule has 0 aromatic carbocycles. The molecule has 0 saturated carbocycles. The van der Waals surface area contributed by atoms with Gasteiger partial charge in [-0.25, -0.2) is 0 Å². The summed E-state index contributed by atoms with van der Waals surface area (Å²) in [5, 5.41) is 2.87. The molecule has 0 fully saturated rings. The Balaban J connectivity index is 3.19. The van der Waals surface area contributed by atoms with Crippen LogP contribution in [0.2, 0.25) is 0 Å². The van der Waals surface area contributed by atoms with Gasteiger partial charge in [0, 0.05) is 19.5 Å². The van der Waals surface area contributed by atoms with E-state index in [0.717, 1.165) is 12.8 Å². The van der Waals surface area contributed by atoms with Crippen LogP contribution in [0.1, 0.15) is 96.8 Å². The fourth-order valence-corrected chi connectivity index (χ4v) is 3.34. The summed E-state index contributed by atoms with van der Waals surface area (Å²) in [4.78, 5) is 11.7. The molecule has 0 rings (SSSR count). The lowest BCUT2D eigenvalue weighted by atomic mass is 10.1. The van der Waals surface area contributed by atoms with Gasteiger partial charge in [0.25, 0.3) is 0 Å². The van der Waals surface area contributed by atoms with Crippen LogP contribution < -0.4 is 11.1 Å². The molecule has 0 radical (unpaired) electrons. The highest BCUT2D eigenvalue weighted by molar-refractivity contribution is 7.26. The fourth-order valence-electron chi connectivity index (χ4n) is 2.87. The summed E-state index contributed by atoms with van der Waals surface area (Å²) in [6, 6.07) is 0. The molecule has 0 saturated heterocycles. The van der Waals surface area contributed by atoms with E-state index in [1.807, 2.05) is 0 Å². The molecule has 0 bridgehead atoms. The number of allylic oxidation sites excluding steroid dienone is 2. The molecule has 5 nitrogen and oxygen atoms in total. The van der Waals surface area contributed by atoms with Crippen molar-refractivity contribution in [3.63, 3.8) is 0 Å². The Morgan fingerprint density at radius 2 is 1.43 bits per heavy atom. The molecule has 1 amide bonds. The van der Waals surface area contributed by atoms with Crippen LogP contribution in [0.5, 0.6) is 0 Å². The van der Waals surface area contributed by atoms with Gasteiger partial charge in [-0.15, -0.1) is 0 Å². The number of amides is 1. The van der Waals surface area contributed by atoms with E-state index in [-0.39, 0.29) is 14.9 Å². The first-order chi connectivity index (χ1) is 13.8. The number of hydrogen-bond acceptors (Lipinski definition) is 4. The predicted molar refractivity (Wildman–Crippen MR) is 122 cm³/mol. The van der Waals surface area contributed by atoms with E-state index in [2.05, 4.69) is 24.4 Å². The fraction of sp³-hybridized carbons (Fsp3) is 0.864. The van der Waals surface area contributed by atoms with Gasteiger partial charge in [-0.05, 0) is 32.1 Å². The molecule has 0 aliphatic carbocycles. The lowest BCUT2D eigenvalue weighted by Crippen LogP contribution is -2.26. The van der Waals surface area contributed by atoms with Crippen LogP contribution in [-0.4, -0.2) is 32.2 Å². The summed E-state index contributed by atoms with van der Waals surface area (Å²) in [5.41, 5.74) is 5.30. The highest BCUT2D eigenvalue weighted by Crippen LogP contribution is 2.12. The van der Waals surface area contributed by atoms with Crippen LogP contribution in [-0.2, 0) is 13.8 Å². The molecule has 1 atom stereocenters. The second-order valence-electron chi connectivity index (χ2n) is 7.25. The van der Waals surface area contributed by atoms with Gasteiger partial charge >= 0.3 is 0 Å². The molecular formula is C22H45N2O3P. The molecule has 0 spiro atoms. The van der Waals surface area contributed by atoms with Crippen LogP contribution >= 0.6 is 9.03 Å². The smallest absolute Gasteiger partial charge is 0.220 e. The molecule has 166 valence electrons. The zero-order chi connectivity index (χ0) is 20.5. The third kappa shape index (κ3) is 23.6. The summed E-state index contributed by atoms with van der Waals surface area (Å²) < 4.78 is 10.4. The SMILES string of the molecule is CCCCCCCC/C=C\CCCCCCCC(=O)NCCOPOCCN. The molecule has 0 heterocycles. The second-order valence-corrected chi connectivity index (χ2v) is 8.00. The number of nitrogens with two attached hydrogens (primary N) is 1. The van der Waals surface area contributed by atoms with Gasteiger partial charge in [-0.1, -0.05) is 70.4 Å². The Labute approximate surface area is 175 Å². The molecule has 6 heteroatoms. The average molecular weight is 417 g/mol. The standard InChI is InChI=1S/C22H45N2O3P/c1-2-3-4-5-6-7-8-9-10-11-12-13-14-15-16-17-22(25)24-19-21-27-28-26-20-18-23/h9-10,28H,2-8,11-21,23H2,1H3,(H,24,25)/b10-9-. The van der Waals surface area contributed by atoms with Crippen molar-refractivity contribution >= 4 is 14.9 Å². The van der Waals surface area contributed by atoms with Crippen molar-refractivity contribution in [2.75, 3.05) is 26.3 Å². The first-order valence-corrected chi connectivity index (χ1v) is 12.2. The van der Waals surface area contributed by atoms with Gasteiger partial charge in [0.2, 0.25) is 5.91 Å².